The molecule has 0 unspecified atom stereocenters. The number of hydrogen-bond donors (Lipinski definition) is 0. The Kier molecular flexibility index (Phi) is 4.67. The maximum Gasteiger partial charge on any atom is 0.226 e. The van der Waals surface area contributed by atoms with Gasteiger partial charge in [0.2, 0.25) is 5.95 Å². The molecule has 0 aromatic carbocycles. The Balaban J connectivity index is 1.50. The number of piperazine rings is 1. The van der Waals surface area contributed by atoms with E-state index in [4.69, 9.17) is 4.98 Å². The summed E-state index contributed by atoms with van der Waals surface area (Å²) in [4.78, 5) is 17.2. The molecular weight excluding hydrogens is 310 g/mol. The average Bonchev–Trinajstić information content (AvgIpc) is 2.91. The number of fused-ring (bicyclic) bond motifs is 2. The molecule has 136 valence electrons. The Morgan fingerprint density at radius 1 is 1.12 bits per heavy atom. The molecule has 0 saturated carbocycles. The van der Waals surface area contributed by atoms with Crippen molar-refractivity contribution >= 4 is 5.95 Å². The smallest absolute Gasteiger partial charge is 0.226 e. The molecule has 0 radical (unpaired) electrons. The molecule has 0 amide bonds. The summed E-state index contributed by atoms with van der Waals surface area (Å²) in [5.41, 5.74) is 1.24. The molecule has 25 heavy (non-hydrogen) atoms. The van der Waals surface area contributed by atoms with E-state index in [1.807, 2.05) is 12.4 Å². The van der Waals surface area contributed by atoms with Gasteiger partial charge in [0.15, 0.2) is 0 Å². The Bertz CT molecular complexity index is 594. The summed E-state index contributed by atoms with van der Waals surface area (Å²) in [6.07, 6.45) is 8.82. The van der Waals surface area contributed by atoms with E-state index < -0.39 is 0 Å². The number of nitrogens with zero attached hydrogens (tertiary/aromatic N) is 5. The predicted octanol–water partition coefficient (Wildman–Crippen LogP) is 2.86. The number of aromatic nitrogens is 2. The van der Waals surface area contributed by atoms with E-state index in [-0.39, 0.29) is 0 Å². The molecule has 4 rings (SSSR count). The molecule has 1 aromatic rings. The van der Waals surface area contributed by atoms with Gasteiger partial charge in [0.25, 0.3) is 0 Å². The third-order valence-corrected chi connectivity index (χ3v) is 6.34. The van der Waals surface area contributed by atoms with Gasteiger partial charge in [0, 0.05) is 62.1 Å². The fraction of sp³-hybridized carbons (Fsp3) is 0.700. The van der Waals surface area contributed by atoms with Crippen LogP contribution in [0, 0.1) is 0 Å². The molecule has 0 N–H and O–H groups in total. The first-order valence-electron chi connectivity index (χ1n) is 9.87. The molecule has 5 heteroatoms. The van der Waals surface area contributed by atoms with Crippen LogP contribution in [0.4, 0.5) is 5.95 Å². The first-order valence-corrected chi connectivity index (χ1v) is 9.87. The van der Waals surface area contributed by atoms with Crippen LogP contribution in [0.1, 0.15) is 51.1 Å². The van der Waals surface area contributed by atoms with E-state index in [0.29, 0.717) is 24.0 Å². The second kappa shape index (κ2) is 6.94. The number of rotatable bonds is 4. The van der Waals surface area contributed by atoms with Crippen LogP contribution < -0.4 is 4.90 Å². The molecule has 3 fully saturated rings. The second-order valence-electron chi connectivity index (χ2n) is 8.11. The quantitative estimate of drug-likeness (QED) is 0.841. The summed E-state index contributed by atoms with van der Waals surface area (Å²) in [6, 6.07) is 3.93. The number of anilines is 1. The second-order valence-corrected chi connectivity index (χ2v) is 8.11. The number of likely N-dealkylation sites (tertiary alicyclic amines) is 2. The van der Waals surface area contributed by atoms with Gasteiger partial charge in [-0.1, -0.05) is 6.58 Å². The van der Waals surface area contributed by atoms with Crippen LogP contribution >= 0.6 is 0 Å². The van der Waals surface area contributed by atoms with Crippen LogP contribution in [0.15, 0.2) is 25.0 Å². The summed E-state index contributed by atoms with van der Waals surface area (Å²) < 4.78 is 0. The summed E-state index contributed by atoms with van der Waals surface area (Å²) >= 11 is 0. The standard InChI is InChI=1S/C20H31N5/c1-4-23-11-8-16(9-12-23)19-7-10-21-20(22-19)25-17-5-6-18(25)14-24(13-17)15(2)3/h4,7,10,15-18H,1,5-6,8-9,11-14H2,2-3H3/t17-,18+. The van der Waals surface area contributed by atoms with Crippen molar-refractivity contribution in [2.45, 2.75) is 63.6 Å². The van der Waals surface area contributed by atoms with Crippen LogP contribution in [0.3, 0.4) is 0 Å². The molecule has 0 aliphatic carbocycles. The first kappa shape index (κ1) is 16.8. The van der Waals surface area contributed by atoms with Crippen molar-refractivity contribution in [1.29, 1.82) is 0 Å². The van der Waals surface area contributed by atoms with E-state index in [2.05, 4.69) is 46.2 Å². The van der Waals surface area contributed by atoms with E-state index in [1.165, 1.54) is 18.5 Å². The van der Waals surface area contributed by atoms with Crippen molar-refractivity contribution in [3.05, 3.63) is 30.7 Å². The van der Waals surface area contributed by atoms with Crippen LogP contribution in [0.25, 0.3) is 0 Å². The molecule has 3 aliphatic heterocycles. The highest BCUT2D eigenvalue weighted by Crippen LogP contribution is 2.35. The lowest BCUT2D eigenvalue weighted by Gasteiger charge is -2.43. The van der Waals surface area contributed by atoms with Crippen molar-refractivity contribution in [3.8, 4) is 0 Å². The normalized spacial score (nSPS) is 28.0. The minimum Gasteiger partial charge on any atom is -0.378 e. The average molecular weight is 342 g/mol. The van der Waals surface area contributed by atoms with Gasteiger partial charge in [-0.15, -0.1) is 0 Å². The highest BCUT2D eigenvalue weighted by molar-refractivity contribution is 5.38. The highest BCUT2D eigenvalue weighted by atomic mass is 15.4. The number of hydrogen-bond acceptors (Lipinski definition) is 5. The molecule has 2 atom stereocenters. The lowest BCUT2D eigenvalue weighted by Crippen LogP contribution is -2.56. The zero-order valence-corrected chi connectivity index (χ0v) is 15.6. The lowest BCUT2D eigenvalue weighted by molar-refractivity contribution is 0.176. The van der Waals surface area contributed by atoms with Gasteiger partial charge in [-0.2, -0.15) is 0 Å². The minimum atomic E-state index is 0.563. The molecule has 4 heterocycles. The Morgan fingerprint density at radius 2 is 1.80 bits per heavy atom. The summed E-state index contributed by atoms with van der Waals surface area (Å²) in [6.45, 7) is 13.0. The fourth-order valence-corrected chi connectivity index (χ4v) is 4.78. The van der Waals surface area contributed by atoms with E-state index in [1.54, 1.807) is 0 Å². The maximum absolute atomic E-state index is 5.03. The number of piperidine rings is 1. The van der Waals surface area contributed by atoms with Gasteiger partial charge in [-0.05, 0) is 51.8 Å². The Morgan fingerprint density at radius 3 is 2.40 bits per heavy atom. The summed E-state index contributed by atoms with van der Waals surface area (Å²) in [7, 11) is 0. The van der Waals surface area contributed by atoms with E-state index in [0.717, 1.165) is 45.0 Å². The van der Waals surface area contributed by atoms with Crippen molar-refractivity contribution in [2.75, 3.05) is 31.1 Å². The lowest BCUT2D eigenvalue weighted by atomic mass is 9.93. The molecule has 0 spiro atoms. The van der Waals surface area contributed by atoms with Gasteiger partial charge >= 0.3 is 0 Å². The summed E-state index contributed by atoms with van der Waals surface area (Å²) in [5.74, 6) is 1.53. The Hall–Kier alpha value is -1.62. The monoisotopic (exact) mass is 341 g/mol. The molecular formula is C20H31N5. The van der Waals surface area contributed by atoms with Crippen molar-refractivity contribution in [1.82, 2.24) is 19.8 Å². The first-order chi connectivity index (χ1) is 12.2. The molecule has 3 saturated heterocycles. The zero-order chi connectivity index (χ0) is 17.4. The van der Waals surface area contributed by atoms with Crippen LogP contribution in [0.5, 0.6) is 0 Å². The van der Waals surface area contributed by atoms with Crippen LogP contribution in [-0.4, -0.2) is 64.1 Å². The van der Waals surface area contributed by atoms with E-state index in [9.17, 15) is 0 Å². The predicted molar refractivity (Wildman–Crippen MR) is 102 cm³/mol. The Labute approximate surface area is 151 Å². The molecule has 5 nitrogen and oxygen atoms in total. The zero-order valence-electron chi connectivity index (χ0n) is 15.6. The molecule has 2 bridgehead atoms. The van der Waals surface area contributed by atoms with Gasteiger partial charge in [-0.3, -0.25) is 4.90 Å². The van der Waals surface area contributed by atoms with Crippen LogP contribution in [0.2, 0.25) is 0 Å². The van der Waals surface area contributed by atoms with Gasteiger partial charge in [0.1, 0.15) is 0 Å². The van der Waals surface area contributed by atoms with Crippen molar-refractivity contribution in [3.63, 3.8) is 0 Å². The highest BCUT2D eigenvalue weighted by Gasteiger charge is 2.41. The minimum absolute atomic E-state index is 0.563. The van der Waals surface area contributed by atoms with Gasteiger partial charge in [-0.25, -0.2) is 9.97 Å². The third kappa shape index (κ3) is 3.26. The van der Waals surface area contributed by atoms with Gasteiger partial charge in [0.05, 0.1) is 0 Å². The van der Waals surface area contributed by atoms with E-state index >= 15 is 0 Å². The molecule has 3 aliphatic rings. The topological polar surface area (TPSA) is 35.5 Å². The fourth-order valence-electron chi connectivity index (χ4n) is 4.78. The van der Waals surface area contributed by atoms with Gasteiger partial charge < -0.3 is 9.80 Å². The van der Waals surface area contributed by atoms with Crippen LogP contribution in [-0.2, 0) is 0 Å². The maximum atomic E-state index is 5.03. The van der Waals surface area contributed by atoms with Crippen molar-refractivity contribution < 1.29 is 0 Å². The largest absolute Gasteiger partial charge is 0.378 e. The third-order valence-electron chi connectivity index (χ3n) is 6.34. The summed E-state index contributed by atoms with van der Waals surface area (Å²) in [5, 5.41) is 0. The SMILES string of the molecule is C=CN1CCC(c2ccnc(N3[C@@H]4CC[C@H]3CN(C(C)C)C4)n2)CC1. The molecule has 1 aromatic heterocycles. The van der Waals surface area contributed by atoms with Crippen molar-refractivity contribution in [2.24, 2.45) is 0 Å².